The van der Waals surface area contributed by atoms with Crippen LogP contribution in [0, 0.1) is 17.0 Å². The lowest BCUT2D eigenvalue weighted by Crippen LogP contribution is -2.14. The lowest BCUT2D eigenvalue weighted by Gasteiger charge is -2.08. The molecular weight excluding hydrogens is 258 g/mol. The van der Waals surface area contributed by atoms with Crippen LogP contribution in [-0.4, -0.2) is 10.8 Å². The van der Waals surface area contributed by atoms with E-state index >= 15 is 0 Å². The number of nitrogens with zero attached hydrogens (tertiary/aromatic N) is 1. The van der Waals surface area contributed by atoms with Crippen molar-refractivity contribution < 1.29 is 9.72 Å². The van der Waals surface area contributed by atoms with E-state index in [9.17, 15) is 14.9 Å². The molecule has 3 N–H and O–H groups in total. The third-order valence-corrected chi connectivity index (χ3v) is 2.77. The summed E-state index contributed by atoms with van der Waals surface area (Å²) in [6, 6.07) is 11.1. The van der Waals surface area contributed by atoms with Gasteiger partial charge >= 0.3 is 0 Å². The molecule has 6 heteroatoms. The quantitative estimate of drug-likeness (QED) is 0.509. The molecule has 0 radical (unpaired) electrons. The molecule has 2 aromatic rings. The van der Waals surface area contributed by atoms with E-state index in [1.54, 1.807) is 6.07 Å². The predicted molar refractivity (Wildman–Crippen MR) is 76.6 cm³/mol. The van der Waals surface area contributed by atoms with E-state index in [-0.39, 0.29) is 16.9 Å². The molecule has 0 spiro atoms. The number of nitrogens with two attached hydrogens (primary N) is 1. The molecule has 0 aliphatic heterocycles. The molecule has 6 nitrogen and oxygen atoms in total. The lowest BCUT2D eigenvalue weighted by molar-refractivity contribution is -0.384. The predicted octanol–water partition coefficient (Wildman–Crippen LogP) is 2.74. The zero-order chi connectivity index (χ0) is 14.7. The summed E-state index contributed by atoms with van der Waals surface area (Å²) in [5.41, 5.74) is 7.47. The fourth-order valence-corrected chi connectivity index (χ4v) is 1.79. The number of nitro groups is 1. The largest absolute Gasteiger partial charge is 0.398 e. The molecule has 2 rings (SSSR count). The Morgan fingerprint density at radius 1 is 1.25 bits per heavy atom. The number of carbonyl (C=O) groups is 1. The van der Waals surface area contributed by atoms with Crippen LogP contribution in [0.4, 0.5) is 17.1 Å². The maximum atomic E-state index is 12.1. The van der Waals surface area contributed by atoms with Gasteiger partial charge in [-0.15, -0.1) is 0 Å². The van der Waals surface area contributed by atoms with Crippen molar-refractivity contribution >= 4 is 23.0 Å². The molecule has 20 heavy (non-hydrogen) atoms. The molecule has 0 saturated heterocycles. The minimum absolute atomic E-state index is 0.0735. The molecule has 2 aromatic carbocycles. The fourth-order valence-electron chi connectivity index (χ4n) is 1.79. The number of nitro benzene ring substituents is 1. The Hall–Kier alpha value is -2.89. The van der Waals surface area contributed by atoms with Gasteiger partial charge in [-0.25, -0.2) is 0 Å². The van der Waals surface area contributed by atoms with Crippen LogP contribution in [0.3, 0.4) is 0 Å². The molecule has 0 bridgehead atoms. The van der Waals surface area contributed by atoms with Crippen LogP contribution in [0.25, 0.3) is 0 Å². The van der Waals surface area contributed by atoms with Crippen molar-refractivity contribution in [2.45, 2.75) is 6.92 Å². The van der Waals surface area contributed by atoms with Gasteiger partial charge in [0.05, 0.1) is 16.2 Å². The van der Waals surface area contributed by atoms with Crippen LogP contribution in [0.2, 0.25) is 0 Å². The molecule has 102 valence electrons. The van der Waals surface area contributed by atoms with Gasteiger partial charge in [0.1, 0.15) is 0 Å². The van der Waals surface area contributed by atoms with Crippen LogP contribution >= 0.6 is 0 Å². The van der Waals surface area contributed by atoms with Crippen molar-refractivity contribution in [3.05, 3.63) is 63.7 Å². The minimum Gasteiger partial charge on any atom is -0.398 e. The maximum Gasteiger partial charge on any atom is 0.271 e. The van der Waals surface area contributed by atoms with Crippen LogP contribution in [0.15, 0.2) is 42.5 Å². The summed E-state index contributed by atoms with van der Waals surface area (Å²) in [5, 5.41) is 13.3. The molecule has 0 heterocycles. The van der Waals surface area contributed by atoms with Gasteiger partial charge in [-0.3, -0.25) is 14.9 Å². The average molecular weight is 271 g/mol. The molecular formula is C14H13N3O3. The van der Waals surface area contributed by atoms with Crippen LogP contribution in [0.1, 0.15) is 15.9 Å². The number of hydrogen-bond donors (Lipinski definition) is 2. The summed E-state index contributed by atoms with van der Waals surface area (Å²) in [7, 11) is 0. The van der Waals surface area contributed by atoms with Crippen molar-refractivity contribution in [3.63, 3.8) is 0 Å². The number of aryl methyl sites for hydroxylation is 1. The molecule has 0 fully saturated rings. The molecule has 0 aliphatic rings. The molecule has 0 unspecified atom stereocenters. The van der Waals surface area contributed by atoms with Crippen molar-refractivity contribution in [2.75, 3.05) is 11.1 Å². The second-order valence-corrected chi connectivity index (χ2v) is 4.35. The first-order valence-corrected chi connectivity index (χ1v) is 5.89. The number of nitrogens with one attached hydrogen (secondary N) is 1. The van der Waals surface area contributed by atoms with E-state index in [4.69, 9.17) is 5.73 Å². The van der Waals surface area contributed by atoms with Crippen LogP contribution in [0.5, 0.6) is 0 Å². The average Bonchev–Trinajstić information content (AvgIpc) is 2.38. The normalized spacial score (nSPS) is 10.1. The highest BCUT2D eigenvalue weighted by molar-refractivity contribution is 6.08. The van der Waals surface area contributed by atoms with Crippen molar-refractivity contribution in [3.8, 4) is 0 Å². The Labute approximate surface area is 115 Å². The van der Waals surface area contributed by atoms with Gasteiger partial charge in [0.2, 0.25) is 0 Å². The number of rotatable bonds is 3. The first-order valence-electron chi connectivity index (χ1n) is 5.89. The highest BCUT2D eigenvalue weighted by Gasteiger charge is 2.14. The molecule has 1 amide bonds. The van der Waals surface area contributed by atoms with E-state index in [0.29, 0.717) is 5.69 Å². The second-order valence-electron chi connectivity index (χ2n) is 4.35. The van der Waals surface area contributed by atoms with Crippen molar-refractivity contribution in [1.29, 1.82) is 0 Å². The summed E-state index contributed by atoms with van der Waals surface area (Å²) in [6.07, 6.45) is 0. The third-order valence-electron chi connectivity index (χ3n) is 2.77. The Kier molecular flexibility index (Phi) is 3.65. The highest BCUT2D eigenvalue weighted by atomic mass is 16.6. The number of benzene rings is 2. The zero-order valence-electron chi connectivity index (χ0n) is 10.8. The monoisotopic (exact) mass is 271 g/mol. The molecule has 0 atom stereocenters. The topological polar surface area (TPSA) is 98.3 Å². The van der Waals surface area contributed by atoms with Gasteiger partial charge in [-0.05, 0) is 30.7 Å². The lowest BCUT2D eigenvalue weighted by atomic mass is 10.1. The fraction of sp³-hybridized carbons (Fsp3) is 0.0714. The minimum atomic E-state index is -0.557. The molecule has 0 saturated carbocycles. The van der Waals surface area contributed by atoms with Gasteiger partial charge in [0.25, 0.3) is 11.6 Å². The zero-order valence-corrected chi connectivity index (χ0v) is 10.8. The van der Waals surface area contributed by atoms with Gasteiger partial charge in [0, 0.05) is 17.8 Å². The third kappa shape index (κ3) is 2.92. The number of amides is 1. The Balaban J connectivity index is 2.23. The van der Waals surface area contributed by atoms with Crippen molar-refractivity contribution in [1.82, 2.24) is 0 Å². The number of non-ortho nitro benzene ring substituents is 1. The van der Waals surface area contributed by atoms with Gasteiger partial charge < -0.3 is 11.1 Å². The number of hydrogen-bond acceptors (Lipinski definition) is 4. The summed E-state index contributed by atoms with van der Waals surface area (Å²) in [5.74, 6) is -0.400. The van der Waals surface area contributed by atoms with E-state index in [2.05, 4.69) is 5.32 Å². The van der Waals surface area contributed by atoms with Crippen LogP contribution < -0.4 is 11.1 Å². The standard InChI is InChI=1S/C14H13N3O3/c1-9-3-2-4-10(7-9)16-14(18)12-6-5-11(17(19)20)8-13(12)15/h2-8H,15H2,1H3,(H,16,18). The Bertz CT molecular complexity index is 683. The van der Waals surface area contributed by atoms with Gasteiger partial charge in [-0.2, -0.15) is 0 Å². The molecule has 0 aliphatic carbocycles. The number of nitrogen functional groups attached to an aromatic ring is 1. The van der Waals surface area contributed by atoms with Crippen molar-refractivity contribution in [2.24, 2.45) is 0 Å². The Morgan fingerprint density at radius 3 is 2.60 bits per heavy atom. The molecule has 0 aromatic heterocycles. The summed E-state index contributed by atoms with van der Waals surface area (Å²) < 4.78 is 0. The summed E-state index contributed by atoms with van der Waals surface area (Å²) in [6.45, 7) is 1.91. The smallest absolute Gasteiger partial charge is 0.271 e. The van der Waals surface area contributed by atoms with E-state index in [1.807, 2.05) is 25.1 Å². The van der Waals surface area contributed by atoms with E-state index < -0.39 is 10.8 Å². The van der Waals surface area contributed by atoms with Gasteiger partial charge in [-0.1, -0.05) is 12.1 Å². The Morgan fingerprint density at radius 2 is 2.00 bits per heavy atom. The summed E-state index contributed by atoms with van der Waals surface area (Å²) >= 11 is 0. The van der Waals surface area contributed by atoms with E-state index in [1.165, 1.54) is 18.2 Å². The van der Waals surface area contributed by atoms with Crippen LogP contribution in [-0.2, 0) is 0 Å². The summed E-state index contributed by atoms with van der Waals surface area (Å²) in [4.78, 5) is 22.1. The maximum absolute atomic E-state index is 12.1. The first-order chi connectivity index (χ1) is 9.47. The second kappa shape index (κ2) is 5.40. The van der Waals surface area contributed by atoms with Gasteiger partial charge in [0.15, 0.2) is 0 Å². The first kappa shape index (κ1) is 13.5. The van der Waals surface area contributed by atoms with E-state index in [0.717, 1.165) is 5.56 Å². The number of anilines is 2. The highest BCUT2D eigenvalue weighted by Crippen LogP contribution is 2.21. The SMILES string of the molecule is Cc1cccc(NC(=O)c2ccc([N+](=O)[O-])cc2N)c1. The number of carbonyl (C=O) groups excluding carboxylic acids is 1.